The topological polar surface area (TPSA) is 72.7 Å². The van der Waals surface area contributed by atoms with Crippen molar-refractivity contribution in [3.63, 3.8) is 0 Å². The van der Waals surface area contributed by atoms with Crippen molar-refractivity contribution >= 4 is 35.0 Å². The molecule has 0 atom stereocenters. The van der Waals surface area contributed by atoms with Gasteiger partial charge in [-0.15, -0.1) is 5.10 Å². The second-order valence-corrected chi connectivity index (χ2v) is 6.88. The van der Waals surface area contributed by atoms with E-state index in [4.69, 9.17) is 11.6 Å². The van der Waals surface area contributed by atoms with Gasteiger partial charge < -0.3 is 5.32 Å². The minimum Gasteiger partial charge on any atom is -0.325 e. The van der Waals surface area contributed by atoms with Gasteiger partial charge in [-0.25, -0.2) is 0 Å². The molecular weight excluding hydrogens is 358 g/mol. The Morgan fingerprint density at radius 2 is 1.96 bits per heavy atom. The molecule has 1 heterocycles. The van der Waals surface area contributed by atoms with Gasteiger partial charge in [-0.1, -0.05) is 47.1 Å². The number of nitrogens with zero attached hydrogens (tertiary/aromatic N) is 4. The van der Waals surface area contributed by atoms with Crippen LogP contribution in [0.5, 0.6) is 0 Å². The Morgan fingerprint density at radius 3 is 2.72 bits per heavy atom. The largest absolute Gasteiger partial charge is 0.325 e. The number of rotatable bonds is 5. The van der Waals surface area contributed by atoms with E-state index in [2.05, 4.69) is 20.8 Å². The van der Waals surface area contributed by atoms with Crippen LogP contribution < -0.4 is 5.32 Å². The molecule has 0 fully saturated rings. The number of benzene rings is 2. The van der Waals surface area contributed by atoms with Crippen LogP contribution >= 0.6 is 23.4 Å². The molecule has 0 unspecified atom stereocenters. The number of anilines is 1. The predicted octanol–water partition coefficient (Wildman–Crippen LogP) is 3.66. The smallest absolute Gasteiger partial charge is 0.234 e. The molecule has 0 saturated heterocycles. The van der Waals surface area contributed by atoms with Crippen molar-refractivity contribution in [3.05, 3.63) is 58.6 Å². The fourth-order valence-corrected chi connectivity index (χ4v) is 3.03. The molecule has 1 aromatic heterocycles. The number of hydrogen-bond donors (Lipinski definition) is 1. The summed E-state index contributed by atoms with van der Waals surface area (Å²) in [5.74, 6) is 0.0480. The summed E-state index contributed by atoms with van der Waals surface area (Å²) in [5, 5.41) is 15.7. The molecule has 0 bridgehead atoms. The van der Waals surface area contributed by atoms with Gasteiger partial charge in [0.15, 0.2) is 0 Å². The van der Waals surface area contributed by atoms with Crippen molar-refractivity contribution < 1.29 is 4.79 Å². The predicted molar refractivity (Wildman–Crippen MR) is 99.4 cm³/mol. The Kier molecular flexibility index (Phi) is 5.35. The van der Waals surface area contributed by atoms with Gasteiger partial charge in [0.2, 0.25) is 11.1 Å². The summed E-state index contributed by atoms with van der Waals surface area (Å²) >= 11 is 7.24. The van der Waals surface area contributed by atoms with E-state index in [-0.39, 0.29) is 11.7 Å². The Morgan fingerprint density at radius 1 is 1.20 bits per heavy atom. The van der Waals surface area contributed by atoms with Crippen LogP contribution in [0.25, 0.3) is 5.69 Å². The molecule has 2 aromatic carbocycles. The molecule has 0 aliphatic rings. The minimum atomic E-state index is -0.145. The van der Waals surface area contributed by atoms with Crippen molar-refractivity contribution in [1.29, 1.82) is 0 Å². The van der Waals surface area contributed by atoms with Gasteiger partial charge in [0.05, 0.1) is 11.4 Å². The van der Waals surface area contributed by atoms with Crippen molar-refractivity contribution in [3.8, 4) is 5.69 Å². The van der Waals surface area contributed by atoms with Crippen LogP contribution in [0.15, 0.2) is 47.6 Å². The number of aromatic nitrogens is 4. The quantitative estimate of drug-likeness (QED) is 0.691. The van der Waals surface area contributed by atoms with Gasteiger partial charge in [0.1, 0.15) is 0 Å². The van der Waals surface area contributed by atoms with Gasteiger partial charge in [-0.2, -0.15) is 4.68 Å². The van der Waals surface area contributed by atoms with E-state index in [0.29, 0.717) is 15.9 Å². The van der Waals surface area contributed by atoms with E-state index < -0.39 is 0 Å². The SMILES string of the molecule is Cc1ccc(-n2nnnc2SCC(=O)Nc2cc(Cl)ccc2C)cc1. The molecule has 0 aliphatic heterocycles. The maximum atomic E-state index is 12.2. The summed E-state index contributed by atoms with van der Waals surface area (Å²) in [5.41, 5.74) is 3.66. The maximum absolute atomic E-state index is 12.2. The number of amides is 1. The number of aryl methyl sites for hydroxylation is 2. The number of carbonyl (C=O) groups excluding carboxylic acids is 1. The summed E-state index contributed by atoms with van der Waals surface area (Å²) in [6, 6.07) is 13.2. The second kappa shape index (κ2) is 7.67. The monoisotopic (exact) mass is 373 g/mol. The Hall–Kier alpha value is -2.38. The standard InChI is InChI=1S/C17H16ClN5OS/c1-11-3-7-14(8-4-11)23-17(20-21-22-23)25-10-16(24)19-15-9-13(18)6-5-12(15)2/h3-9H,10H2,1-2H3,(H,19,24). The third-order valence-corrected chi connectivity index (χ3v) is 4.68. The van der Waals surface area contributed by atoms with Crippen LogP contribution in [0.4, 0.5) is 5.69 Å². The summed E-state index contributed by atoms with van der Waals surface area (Å²) in [6.45, 7) is 3.93. The third kappa shape index (κ3) is 4.37. The summed E-state index contributed by atoms with van der Waals surface area (Å²) in [7, 11) is 0. The van der Waals surface area contributed by atoms with Gasteiger partial charge in [0, 0.05) is 10.7 Å². The van der Waals surface area contributed by atoms with Gasteiger partial charge >= 0.3 is 0 Å². The fraction of sp³-hybridized carbons (Fsp3) is 0.176. The van der Waals surface area contributed by atoms with Crippen LogP contribution in [-0.4, -0.2) is 31.9 Å². The van der Waals surface area contributed by atoms with Crippen molar-refractivity contribution in [1.82, 2.24) is 20.2 Å². The zero-order valence-corrected chi connectivity index (χ0v) is 15.3. The van der Waals surface area contributed by atoms with E-state index in [1.54, 1.807) is 16.8 Å². The molecule has 1 N–H and O–H groups in total. The molecule has 3 aromatic rings. The number of thioether (sulfide) groups is 1. The first-order valence-electron chi connectivity index (χ1n) is 7.57. The number of hydrogen-bond acceptors (Lipinski definition) is 5. The van der Waals surface area contributed by atoms with E-state index in [9.17, 15) is 4.79 Å². The molecule has 3 rings (SSSR count). The van der Waals surface area contributed by atoms with Crippen molar-refractivity contribution in [2.75, 3.05) is 11.1 Å². The lowest BCUT2D eigenvalue weighted by Crippen LogP contribution is -2.15. The van der Waals surface area contributed by atoms with Gasteiger partial charge in [0.25, 0.3) is 0 Å². The summed E-state index contributed by atoms with van der Waals surface area (Å²) in [6.07, 6.45) is 0. The maximum Gasteiger partial charge on any atom is 0.234 e. The number of halogens is 1. The molecular formula is C17H16ClN5OS. The first-order valence-corrected chi connectivity index (χ1v) is 8.93. The molecule has 128 valence electrons. The zero-order chi connectivity index (χ0) is 17.8. The Bertz CT molecular complexity index is 894. The molecule has 1 amide bonds. The lowest BCUT2D eigenvalue weighted by molar-refractivity contribution is -0.113. The first kappa shape index (κ1) is 17.4. The highest BCUT2D eigenvalue weighted by atomic mass is 35.5. The van der Waals surface area contributed by atoms with E-state index in [1.165, 1.54) is 11.8 Å². The summed E-state index contributed by atoms with van der Waals surface area (Å²) < 4.78 is 1.61. The number of nitrogens with one attached hydrogen (secondary N) is 1. The normalized spacial score (nSPS) is 10.7. The van der Waals surface area contributed by atoms with Crippen molar-refractivity contribution in [2.24, 2.45) is 0 Å². The number of tetrazole rings is 1. The first-order chi connectivity index (χ1) is 12.0. The average Bonchev–Trinajstić information content (AvgIpc) is 3.05. The van der Waals surface area contributed by atoms with Gasteiger partial charge in [-0.3, -0.25) is 4.79 Å². The molecule has 0 radical (unpaired) electrons. The Balaban J connectivity index is 1.66. The lowest BCUT2D eigenvalue weighted by atomic mass is 10.2. The Labute approximate surface area is 154 Å². The average molecular weight is 374 g/mol. The fourth-order valence-electron chi connectivity index (χ4n) is 2.16. The van der Waals surface area contributed by atoms with E-state index in [0.717, 1.165) is 16.8 Å². The highest BCUT2D eigenvalue weighted by Gasteiger charge is 2.12. The highest BCUT2D eigenvalue weighted by Crippen LogP contribution is 2.22. The molecule has 25 heavy (non-hydrogen) atoms. The molecule has 0 aliphatic carbocycles. The third-order valence-electron chi connectivity index (χ3n) is 3.53. The molecule has 0 saturated carbocycles. The van der Waals surface area contributed by atoms with Crippen LogP contribution in [0.1, 0.15) is 11.1 Å². The highest BCUT2D eigenvalue weighted by molar-refractivity contribution is 7.99. The van der Waals surface area contributed by atoms with Crippen LogP contribution in [-0.2, 0) is 4.79 Å². The van der Waals surface area contributed by atoms with Crippen LogP contribution in [0.3, 0.4) is 0 Å². The molecule has 8 heteroatoms. The van der Waals surface area contributed by atoms with Crippen LogP contribution in [0.2, 0.25) is 5.02 Å². The van der Waals surface area contributed by atoms with E-state index in [1.807, 2.05) is 44.2 Å². The van der Waals surface area contributed by atoms with Crippen molar-refractivity contribution in [2.45, 2.75) is 19.0 Å². The minimum absolute atomic E-state index is 0.145. The zero-order valence-electron chi connectivity index (χ0n) is 13.7. The second-order valence-electron chi connectivity index (χ2n) is 5.50. The number of carbonyl (C=O) groups is 1. The molecule has 0 spiro atoms. The summed E-state index contributed by atoms with van der Waals surface area (Å²) in [4.78, 5) is 12.2. The molecule has 6 nitrogen and oxygen atoms in total. The van der Waals surface area contributed by atoms with Crippen LogP contribution in [0, 0.1) is 13.8 Å². The van der Waals surface area contributed by atoms with Gasteiger partial charge in [-0.05, 0) is 54.1 Å². The van der Waals surface area contributed by atoms with E-state index >= 15 is 0 Å². The lowest BCUT2D eigenvalue weighted by Gasteiger charge is -2.09.